The first-order valence-electron chi connectivity index (χ1n) is 6.13. The number of hydrogen-bond donors (Lipinski definition) is 2. The molecular weight excluding hydrogens is 270 g/mol. The number of anilines is 1. The van der Waals surface area contributed by atoms with E-state index in [1.54, 1.807) is 12.1 Å². The summed E-state index contributed by atoms with van der Waals surface area (Å²) in [6.45, 7) is 1.86. The number of nitrogens with zero attached hydrogens (tertiary/aromatic N) is 2. The third-order valence-electron chi connectivity index (χ3n) is 2.60. The summed E-state index contributed by atoms with van der Waals surface area (Å²) in [5.41, 5.74) is 2.52. The minimum absolute atomic E-state index is 0.325. The Morgan fingerprint density at radius 2 is 1.90 bits per heavy atom. The quantitative estimate of drug-likeness (QED) is 0.839. The highest BCUT2D eigenvalue weighted by molar-refractivity contribution is 6.04. The topological polar surface area (TPSA) is 92.2 Å². The second kappa shape index (κ2) is 6.42. The smallest absolute Gasteiger partial charge is 0.328 e. The molecule has 2 rings (SSSR count). The number of aryl methyl sites for hydroxylation is 1. The number of hydrogen-bond acceptors (Lipinski definition) is 4. The van der Waals surface area contributed by atoms with Crippen LogP contribution < -0.4 is 5.32 Å². The maximum Gasteiger partial charge on any atom is 0.328 e. The standard InChI is InChI=1S/C15H13N3O3/c1-10-4-11(2-3-14(19)20)6-13(5-10)18-15(21)12-7-16-9-17-8-12/h2-9H,1H3,(H,18,21)(H,19,20)/b3-2+. The van der Waals surface area contributed by atoms with E-state index in [0.717, 1.165) is 11.6 Å². The van der Waals surface area contributed by atoms with Crippen molar-refractivity contribution in [2.45, 2.75) is 6.92 Å². The van der Waals surface area contributed by atoms with Crippen molar-refractivity contribution in [3.8, 4) is 0 Å². The molecule has 0 aliphatic rings. The Morgan fingerprint density at radius 1 is 1.19 bits per heavy atom. The molecule has 1 aromatic heterocycles. The van der Waals surface area contributed by atoms with Crippen molar-refractivity contribution in [2.75, 3.05) is 5.32 Å². The molecule has 0 aliphatic heterocycles. The number of carbonyl (C=O) groups is 2. The number of amides is 1. The lowest BCUT2D eigenvalue weighted by atomic mass is 10.1. The Labute approximate surface area is 121 Å². The summed E-state index contributed by atoms with van der Waals surface area (Å²) in [5, 5.41) is 11.4. The Hall–Kier alpha value is -3.02. The van der Waals surface area contributed by atoms with Gasteiger partial charge < -0.3 is 10.4 Å². The molecule has 0 radical (unpaired) electrons. The predicted octanol–water partition coefficient (Wildman–Crippen LogP) is 2.14. The van der Waals surface area contributed by atoms with E-state index < -0.39 is 5.97 Å². The van der Waals surface area contributed by atoms with Crippen molar-refractivity contribution in [1.82, 2.24) is 9.97 Å². The number of rotatable bonds is 4. The lowest BCUT2D eigenvalue weighted by molar-refractivity contribution is -0.131. The van der Waals surface area contributed by atoms with Crippen LogP contribution >= 0.6 is 0 Å². The van der Waals surface area contributed by atoms with Crippen molar-refractivity contribution >= 4 is 23.6 Å². The molecule has 6 heteroatoms. The highest BCUT2D eigenvalue weighted by Gasteiger charge is 2.07. The average Bonchev–Trinajstić information content (AvgIpc) is 2.45. The molecule has 0 aliphatic carbocycles. The largest absolute Gasteiger partial charge is 0.478 e. The lowest BCUT2D eigenvalue weighted by Gasteiger charge is -2.07. The van der Waals surface area contributed by atoms with Crippen LogP contribution in [0.15, 0.2) is 43.0 Å². The third-order valence-corrected chi connectivity index (χ3v) is 2.60. The van der Waals surface area contributed by atoms with Gasteiger partial charge in [0.15, 0.2) is 0 Å². The molecule has 1 amide bonds. The van der Waals surface area contributed by atoms with Gasteiger partial charge in [0.2, 0.25) is 0 Å². The minimum Gasteiger partial charge on any atom is -0.478 e. The highest BCUT2D eigenvalue weighted by atomic mass is 16.4. The zero-order chi connectivity index (χ0) is 15.2. The first kappa shape index (κ1) is 14.4. The summed E-state index contributed by atoms with van der Waals surface area (Å²) in [6.07, 6.45) is 6.70. The van der Waals surface area contributed by atoms with E-state index >= 15 is 0 Å². The summed E-state index contributed by atoms with van der Waals surface area (Å²) in [6, 6.07) is 5.30. The number of carboxylic acid groups (broad SMARTS) is 1. The summed E-state index contributed by atoms with van der Waals surface area (Å²) in [7, 11) is 0. The number of carbonyl (C=O) groups excluding carboxylic acids is 1. The SMILES string of the molecule is Cc1cc(/C=C/C(=O)O)cc(NC(=O)c2cncnc2)c1. The van der Waals surface area contributed by atoms with E-state index in [1.165, 1.54) is 24.8 Å². The van der Waals surface area contributed by atoms with Crippen LogP contribution in [-0.4, -0.2) is 27.0 Å². The van der Waals surface area contributed by atoms with Crippen LogP contribution in [0.1, 0.15) is 21.5 Å². The lowest BCUT2D eigenvalue weighted by Crippen LogP contribution is -2.12. The van der Waals surface area contributed by atoms with Gasteiger partial charge in [-0.25, -0.2) is 14.8 Å². The Bertz CT molecular complexity index is 697. The molecule has 0 atom stereocenters. The first-order valence-corrected chi connectivity index (χ1v) is 6.13. The average molecular weight is 283 g/mol. The molecule has 0 spiro atoms. The molecule has 21 heavy (non-hydrogen) atoms. The molecule has 2 N–H and O–H groups in total. The van der Waals surface area contributed by atoms with E-state index in [0.29, 0.717) is 16.8 Å². The fourth-order valence-electron chi connectivity index (χ4n) is 1.77. The summed E-state index contributed by atoms with van der Waals surface area (Å²) < 4.78 is 0. The maximum atomic E-state index is 12.0. The molecule has 2 aromatic rings. The zero-order valence-electron chi connectivity index (χ0n) is 11.3. The fourth-order valence-corrected chi connectivity index (χ4v) is 1.77. The van der Waals surface area contributed by atoms with E-state index in [4.69, 9.17) is 5.11 Å². The molecular formula is C15H13N3O3. The molecule has 0 fully saturated rings. The fraction of sp³-hybridized carbons (Fsp3) is 0.0667. The molecule has 0 saturated carbocycles. The third kappa shape index (κ3) is 4.24. The van der Waals surface area contributed by atoms with E-state index in [9.17, 15) is 9.59 Å². The number of carboxylic acids is 1. The summed E-state index contributed by atoms with van der Waals surface area (Å²) in [4.78, 5) is 30.1. The Kier molecular flexibility index (Phi) is 4.40. The van der Waals surface area contributed by atoms with E-state index in [2.05, 4.69) is 15.3 Å². The van der Waals surface area contributed by atoms with Gasteiger partial charge in [0.05, 0.1) is 5.56 Å². The summed E-state index contributed by atoms with van der Waals surface area (Å²) in [5.74, 6) is -1.35. The first-order chi connectivity index (χ1) is 10.0. The van der Waals surface area contributed by atoms with E-state index in [1.807, 2.05) is 13.0 Å². The van der Waals surface area contributed by atoms with Crippen molar-refractivity contribution in [1.29, 1.82) is 0 Å². The normalized spacial score (nSPS) is 10.5. The zero-order valence-corrected chi connectivity index (χ0v) is 11.3. The van der Waals surface area contributed by atoms with Gasteiger partial charge in [0.1, 0.15) is 6.33 Å². The van der Waals surface area contributed by atoms with Crippen molar-refractivity contribution < 1.29 is 14.7 Å². The van der Waals surface area contributed by atoms with Crippen LogP contribution in [0, 0.1) is 6.92 Å². The van der Waals surface area contributed by atoms with Gasteiger partial charge in [0.25, 0.3) is 5.91 Å². The van der Waals surface area contributed by atoms with Gasteiger partial charge in [-0.05, 0) is 36.3 Å². The van der Waals surface area contributed by atoms with Gasteiger partial charge in [-0.15, -0.1) is 0 Å². The molecule has 1 heterocycles. The van der Waals surface area contributed by atoms with Gasteiger partial charge in [0, 0.05) is 24.2 Å². The Morgan fingerprint density at radius 3 is 2.57 bits per heavy atom. The number of aromatic nitrogens is 2. The molecule has 106 valence electrons. The maximum absolute atomic E-state index is 12.0. The van der Waals surface area contributed by atoms with Gasteiger partial charge in [-0.3, -0.25) is 4.79 Å². The number of aliphatic carboxylic acids is 1. The molecule has 6 nitrogen and oxygen atoms in total. The molecule has 0 unspecified atom stereocenters. The predicted molar refractivity (Wildman–Crippen MR) is 77.8 cm³/mol. The number of benzene rings is 1. The molecule has 1 aromatic carbocycles. The van der Waals surface area contributed by atoms with E-state index in [-0.39, 0.29) is 5.91 Å². The van der Waals surface area contributed by atoms with Gasteiger partial charge in [-0.1, -0.05) is 6.07 Å². The van der Waals surface area contributed by atoms with Gasteiger partial charge >= 0.3 is 5.97 Å². The van der Waals surface area contributed by atoms with Crippen LogP contribution in [0.4, 0.5) is 5.69 Å². The second-order valence-electron chi connectivity index (χ2n) is 4.39. The van der Waals surface area contributed by atoms with Crippen LogP contribution in [0.5, 0.6) is 0 Å². The van der Waals surface area contributed by atoms with Crippen molar-refractivity contribution in [3.63, 3.8) is 0 Å². The van der Waals surface area contributed by atoms with Crippen LogP contribution in [0.3, 0.4) is 0 Å². The highest BCUT2D eigenvalue weighted by Crippen LogP contribution is 2.16. The second-order valence-corrected chi connectivity index (χ2v) is 4.39. The molecule has 0 saturated heterocycles. The van der Waals surface area contributed by atoms with Crippen molar-refractivity contribution in [2.24, 2.45) is 0 Å². The Balaban J connectivity index is 2.20. The monoisotopic (exact) mass is 283 g/mol. The van der Waals surface area contributed by atoms with Crippen molar-refractivity contribution in [3.05, 3.63) is 59.7 Å². The van der Waals surface area contributed by atoms with Crippen LogP contribution in [0.2, 0.25) is 0 Å². The van der Waals surface area contributed by atoms with Gasteiger partial charge in [-0.2, -0.15) is 0 Å². The minimum atomic E-state index is -1.02. The summed E-state index contributed by atoms with van der Waals surface area (Å²) >= 11 is 0. The number of nitrogens with one attached hydrogen (secondary N) is 1. The van der Waals surface area contributed by atoms with Crippen LogP contribution in [-0.2, 0) is 4.79 Å². The molecule has 0 bridgehead atoms. The van der Waals surface area contributed by atoms with Crippen LogP contribution in [0.25, 0.3) is 6.08 Å².